The van der Waals surface area contributed by atoms with Gasteiger partial charge >= 0.3 is 0 Å². The highest BCUT2D eigenvalue weighted by Crippen LogP contribution is 2.29. The summed E-state index contributed by atoms with van der Waals surface area (Å²) >= 11 is 0. The van der Waals surface area contributed by atoms with E-state index in [1.54, 1.807) is 0 Å². The molecule has 0 fully saturated rings. The molecule has 0 aliphatic rings. The fourth-order valence-electron chi connectivity index (χ4n) is 3.04. The van der Waals surface area contributed by atoms with Crippen LogP contribution < -0.4 is 10.1 Å². The van der Waals surface area contributed by atoms with E-state index in [0.717, 1.165) is 11.3 Å². The summed E-state index contributed by atoms with van der Waals surface area (Å²) in [6.45, 7) is 0.626. The number of rotatable bonds is 6. The first-order valence-corrected chi connectivity index (χ1v) is 8.95. The van der Waals surface area contributed by atoms with Crippen molar-refractivity contribution in [2.24, 2.45) is 0 Å². The normalized spacial score (nSPS) is 10.7. The van der Waals surface area contributed by atoms with Crippen molar-refractivity contribution >= 4 is 22.5 Å². The van der Waals surface area contributed by atoms with Crippen molar-refractivity contribution in [3.05, 3.63) is 91.1 Å². The van der Waals surface area contributed by atoms with Crippen molar-refractivity contribution in [1.82, 2.24) is 4.57 Å². The summed E-state index contributed by atoms with van der Waals surface area (Å²) in [5.74, 6) is 1.32. The lowest BCUT2D eigenvalue weighted by molar-refractivity contribution is -0.116. The minimum Gasteiger partial charge on any atom is -0.455 e. The van der Waals surface area contributed by atoms with E-state index in [1.807, 2.05) is 72.9 Å². The standard InChI is InChI=1S/C23H20N2O2/c26-23(15-17-25-16-14-18-8-4-6-12-21(18)25)24-20-11-5-7-13-22(20)27-19-9-2-1-3-10-19/h1-14,16H,15,17H2,(H,24,26). The van der Waals surface area contributed by atoms with Gasteiger partial charge < -0.3 is 14.6 Å². The van der Waals surface area contributed by atoms with Crippen molar-refractivity contribution in [1.29, 1.82) is 0 Å². The second kappa shape index (κ2) is 7.79. The van der Waals surface area contributed by atoms with Crippen LogP contribution in [0.5, 0.6) is 11.5 Å². The quantitative estimate of drug-likeness (QED) is 0.498. The Balaban J connectivity index is 1.42. The first-order chi connectivity index (χ1) is 13.3. The van der Waals surface area contributed by atoms with Gasteiger partial charge in [-0.3, -0.25) is 4.79 Å². The number of hydrogen-bond donors (Lipinski definition) is 1. The molecule has 1 heterocycles. The van der Waals surface area contributed by atoms with Gasteiger partial charge in [-0.1, -0.05) is 48.5 Å². The Hall–Kier alpha value is -3.53. The van der Waals surface area contributed by atoms with Crippen LogP contribution in [0.1, 0.15) is 6.42 Å². The molecule has 0 aliphatic heterocycles. The molecule has 1 amide bonds. The number of hydrogen-bond acceptors (Lipinski definition) is 2. The SMILES string of the molecule is O=C(CCn1ccc2ccccc21)Nc1ccccc1Oc1ccccc1. The molecular formula is C23H20N2O2. The van der Waals surface area contributed by atoms with Crippen LogP contribution in [0.15, 0.2) is 91.1 Å². The lowest BCUT2D eigenvalue weighted by Gasteiger charge is -2.12. The zero-order chi connectivity index (χ0) is 18.5. The molecule has 27 heavy (non-hydrogen) atoms. The molecule has 0 atom stereocenters. The fraction of sp³-hybridized carbons (Fsp3) is 0.0870. The molecule has 0 saturated heterocycles. The smallest absolute Gasteiger partial charge is 0.226 e. The molecular weight excluding hydrogens is 336 g/mol. The molecule has 4 aromatic rings. The average Bonchev–Trinajstić information content (AvgIpc) is 3.12. The molecule has 3 aromatic carbocycles. The summed E-state index contributed by atoms with van der Waals surface area (Å²) < 4.78 is 8.00. The molecule has 0 radical (unpaired) electrons. The Morgan fingerprint density at radius 3 is 2.48 bits per heavy atom. The Kier molecular flexibility index (Phi) is 4.88. The average molecular weight is 356 g/mol. The zero-order valence-corrected chi connectivity index (χ0v) is 14.8. The molecule has 1 N–H and O–H groups in total. The largest absolute Gasteiger partial charge is 0.455 e. The van der Waals surface area contributed by atoms with E-state index < -0.39 is 0 Å². The zero-order valence-electron chi connectivity index (χ0n) is 14.8. The van der Waals surface area contributed by atoms with E-state index in [-0.39, 0.29) is 5.91 Å². The number of nitrogens with zero attached hydrogens (tertiary/aromatic N) is 1. The second-order valence-electron chi connectivity index (χ2n) is 6.28. The first kappa shape index (κ1) is 16.9. The van der Waals surface area contributed by atoms with Crippen LogP contribution in [0.25, 0.3) is 10.9 Å². The van der Waals surface area contributed by atoms with Crippen LogP contribution in [-0.2, 0) is 11.3 Å². The van der Waals surface area contributed by atoms with E-state index >= 15 is 0 Å². The van der Waals surface area contributed by atoms with E-state index in [1.165, 1.54) is 5.39 Å². The summed E-state index contributed by atoms with van der Waals surface area (Å²) in [6.07, 6.45) is 2.41. The number of aryl methyl sites for hydroxylation is 1. The molecule has 4 heteroatoms. The van der Waals surface area contributed by atoms with E-state index in [0.29, 0.717) is 24.4 Å². The number of carbonyl (C=O) groups is 1. The van der Waals surface area contributed by atoms with Gasteiger partial charge in [-0.25, -0.2) is 0 Å². The van der Waals surface area contributed by atoms with E-state index in [9.17, 15) is 4.79 Å². The minimum absolute atomic E-state index is 0.0445. The van der Waals surface area contributed by atoms with Crippen LogP contribution >= 0.6 is 0 Å². The number of nitrogens with one attached hydrogen (secondary N) is 1. The number of fused-ring (bicyclic) bond motifs is 1. The maximum atomic E-state index is 12.5. The van der Waals surface area contributed by atoms with Crippen LogP contribution in [0.3, 0.4) is 0 Å². The van der Waals surface area contributed by atoms with Gasteiger partial charge in [-0.2, -0.15) is 0 Å². The van der Waals surface area contributed by atoms with Crippen molar-refractivity contribution in [2.45, 2.75) is 13.0 Å². The lowest BCUT2D eigenvalue weighted by Crippen LogP contribution is -2.14. The molecule has 4 rings (SSSR count). The highest BCUT2D eigenvalue weighted by atomic mass is 16.5. The third-order valence-corrected chi connectivity index (χ3v) is 4.39. The monoisotopic (exact) mass is 356 g/mol. The Labute approximate surface area is 158 Å². The van der Waals surface area contributed by atoms with Gasteiger partial charge in [-0.05, 0) is 41.8 Å². The predicted molar refractivity (Wildman–Crippen MR) is 108 cm³/mol. The molecule has 0 aliphatic carbocycles. The lowest BCUT2D eigenvalue weighted by atomic mass is 10.2. The summed E-state index contributed by atoms with van der Waals surface area (Å²) in [5.41, 5.74) is 1.81. The van der Waals surface area contributed by atoms with Crippen molar-refractivity contribution in [3.63, 3.8) is 0 Å². The fourth-order valence-corrected chi connectivity index (χ4v) is 3.04. The molecule has 1 aromatic heterocycles. The number of aromatic nitrogens is 1. The first-order valence-electron chi connectivity index (χ1n) is 8.95. The van der Waals surface area contributed by atoms with Gasteiger partial charge in [0.15, 0.2) is 5.75 Å². The molecule has 0 saturated carbocycles. The maximum absolute atomic E-state index is 12.5. The molecule has 134 valence electrons. The summed E-state index contributed by atoms with van der Waals surface area (Å²) in [5, 5.41) is 4.14. The Morgan fingerprint density at radius 1 is 0.852 bits per heavy atom. The Morgan fingerprint density at radius 2 is 1.59 bits per heavy atom. The van der Waals surface area contributed by atoms with Crippen molar-refractivity contribution in [2.75, 3.05) is 5.32 Å². The van der Waals surface area contributed by atoms with Crippen molar-refractivity contribution < 1.29 is 9.53 Å². The number of carbonyl (C=O) groups excluding carboxylic acids is 1. The number of anilines is 1. The Bertz CT molecular complexity index is 1050. The third kappa shape index (κ3) is 4.01. The number of benzene rings is 3. The summed E-state index contributed by atoms with van der Waals surface area (Å²) in [6, 6.07) is 27.2. The summed E-state index contributed by atoms with van der Waals surface area (Å²) in [4.78, 5) is 12.5. The molecule has 4 nitrogen and oxygen atoms in total. The van der Waals surface area contributed by atoms with Gasteiger partial charge in [0.25, 0.3) is 0 Å². The molecule has 0 bridgehead atoms. The molecule has 0 unspecified atom stereocenters. The van der Waals surface area contributed by atoms with Crippen LogP contribution in [0.2, 0.25) is 0 Å². The van der Waals surface area contributed by atoms with Crippen molar-refractivity contribution in [3.8, 4) is 11.5 Å². The number of ether oxygens (including phenoxy) is 1. The van der Waals surface area contributed by atoms with E-state index in [4.69, 9.17) is 4.74 Å². The van der Waals surface area contributed by atoms with Gasteiger partial charge in [-0.15, -0.1) is 0 Å². The van der Waals surface area contributed by atoms with E-state index in [2.05, 4.69) is 28.1 Å². The van der Waals surface area contributed by atoms with Gasteiger partial charge in [0.1, 0.15) is 5.75 Å². The topological polar surface area (TPSA) is 43.3 Å². The van der Waals surface area contributed by atoms with Gasteiger partial charge in [0, 0.05) is 24.7 Å². The highest BCUT2D eigenvalue weighted by Gasteiger charge is 2.09. The number of para-hydroxylation sites is 4. The second-order valence-corrected chi connectivity index (χ2v) is 6.28. The van der Waals surface area contributed by atoms with Crippen LogP contribution in [0, 0.1) is 0 Å². The van der Waals surface area contributed by atoms with Gasteiger partial charge in [0.2, 0.25) is 5.91 Å². The van der Waals surface area contributed by atoms with Crippen LogP contribution in [-0.4, -0.2) is 10.5 Å². The highest BCUT2D eigenvalue weighted by molar-refractivity contribution is 5.92. The molecule has 0 spiro atoms. The maximum Gasteiger partial charge on any atom is 0.226 e. The third-order valence-electron chi connectivity index (χ3n) is 4.39. The predicted octanol–water partition coefficient (Wildman–Crippen LogP) is 5.46. The summed E-state index contributed by atoms with van der Waals surface area (Å²) in [7, 11) is 0. The van der Waals surface area contributed by atoms with Gasteiger partial charge in [0.05, 0.1) is 5.69 Å². The van der Waals surface area contributed by atoms with Crippen LogP contribution in [0.4, 0.5) is 5.69 Å². The minimum atomic E-state index is -0.0445. The number of amides is 1.